The SMILES string of the molecule is Cc1cnc2c(c1)[nH]c(=S)n2CC(C)S(C)=O. The van der Waals surface area contributed by atoms with E-state index in [9.17, 15) is 4.21 Å². The third-order valence-electron chi connectivity index (χ3n) is 2.75. The van der Waals surface area contributed by atoms with Crippen molar-refractivity contribution in [3.8, 4) is 0 Å². The number of fused-ring (bicyclic) bond motifs is 1. The molecule has 0 bridgehead atoms. The molecule has 0 saturated heterocycles. The van der Waals surface area contributed by atoms with Gasteiger partial charge in [0.05, 0.1) is 5.52 Å². The highest BCUT2D eigenvalue weighted by molar-refractivity contribution is 7.84. The van der Waals surface area contributed by atoms with Gasteiger partial charge in [0.1, 0.15) is 0 Å². The second-order valence-electron chi connectivity index (χ2n) is 4.23. The summed E-state index contributed by atoms with van der Waals surface area (Å²) in [5.41, 5.74) is 2.86. The van der Waals surface area contributed by atoms with Gasteiger partial charge in [0, 0.05) is 35.0 Å². The Balaban J connectivity index is 2.50. The summed E-state index contributed by atoms with van der Waals surface area (Å²) in [4.78, 5) is 7.51. The van der Waals surface area contributed by atoms with E-state index in [4.69, 9.17) is 12.2 Å². The Morgan fingerprint density at radius 2 is 2.35 bits per heavy atom. The van der Waals surface area contributed by atoms with Crippen LogP contribution in [0.4, 0.5) is 0 Å². The van der Waals surface area contributed by atoms with Crippen LogP contribution in [-0.2, 0) is 17.3 Å². The van der Waals surface area contributed by atoms with E-state index in [0.29, 0.717) is 11.3 Å². The zero-order valence-corrected chi connectivity index (χ0v) is 11.7. The first-order valence-corrected chi connectivity index (χ1v) is 7.39. The van der Waals surface area contributed by atoms with Crippen molar-refractivity contribution in [2.24, 2.45) is 0 Å². The standard InChI is InChI=1S/C11H15N3OS2/c1-7-4-9-10(12-5-7)14(11(16)13-9)6-8(2)17(3)15/h4-5,8H,6H2,1-3H3,(H,13,16). The molecule has 0 amide bonds. The van der Waals surface area contributed by atoms with E-state index >= 15 is 0 Å². The van der Waals surface area contributed by atoms with Gasteiger partial charge in [-0.05, 0) is 37.7 Å². The van der Waals surface area contributed by atoms with Crippen LogP contribution in [-0.4, -0.2) is 30.2 Å². The first-order chi connectivity index (χ1) is 7.99. The topological polar surface area (TPSA) is 50.7 Å². The fraction of sp³-hybridized carbons (Fsp3) is 0.455. The Labute approximate surface area is 108 Å². The van der Waals surface area contributed by atoms with Gasteiger partial charge in [-0.15, -0.1) is 0 Å². The van der Waals surface area contributed by atoms with Gasteiger partial charge in [0.2, 0.25) is 0 Å². The number of rotatable bonds is 3. The van der Waals surface area contributed by atoms with Gasteiger partial charge in [0.25, 0.3) is 0 Å². The molecule has 0 saturated carbocycles. The lowest BCUT2D eigenvalue weighted by molar-refractivity contribution is 0.645. The first-order valence-electron chi connectivity index (χ1n) is 5.36. The van der Waals surface area contributed by atoms with Gasteiger partial charge in [-0.1, -0.05) is 0 Å². The molecular formula is C11H15N3OS2. The van der Waals surface area contributed by atoms with Gasteiger partial charge in [-0.3, -0.25) is 4.21 Å². The highest BCUT2D eigenvalue weighted by atomic mass is 32.2. The second-order valence-corrected chi connectivity index (χ2v) is 6.42. The van der Waals surface area contributed by atoms with Crippen molar-refractivity contribution in [3.63, 3.8) is 0 Å². The largest absolute Gasteiger partial charge is 0.329 e. The van der Waals surface area contributed by atoms with Gasteiger partial charge in [-0.2, -0.15) is 0 Å². The second kappa shape index (κ2) is 4.70. The number of aryl methyl sites for hydroxylation is 1. The molecule has 0 aliphatic rings. The summed E-state index contributed by atoms with van der Waals surface area (Å²) in [6.07, 6.45) is 3.52. The third kappa shape index (κ3) is 2.47. The number of nitrogens with zero attached hydrogens (tertiary/aromatic N) is 2. The lowest BCUT2D eigenvalue weighted by Gasteiger charge is -2.09. The predicted molar refractivity (Wildman–Crippen MR) is 73.2 cm³/mol. The third-order valence-corrected chi connectivity index (χ3v) is 4.36. The van der Waals surface area contributed by atoms with Crippen molar-refractivity contribution in [1.82, 2.24) is 14.5 Å². The molecule has 0 spiro atoms. The van der Waals surface area contributed by atoms with Crippen LogP contribution in [0, 0.1) is 11.7 Å². The summed E-state index contributed by atoms with van der Waals surface area (Å²) >= 11 is 5.27. The normalized spacial score (nSPS) is 15.0. The van der Waals surface area contributed by atoms with E-state index in [1.165, 1.54) is 0 Å². The smallest absolute Gasteiger partial charge is 0.179 e. The van der Waals surface area contributed by atoms with Crippen LogP contribution in [0.3, 0.4) is 0 Å². The molecular weight excluding hydrogens is 254 g/mol. The van der Waals surface area contributed by atoms with Crippen molar-refractivity contribution in [2.75, 3.05) is 6.26 Å². The van der Waals surface area contributed by atoms with Crippen molar-refractivity contribution in [1.29, 1.82) is 0 Å². The van der Waals surface area contributed by atoms with Crippen molar-refractivity contribution >= 4 is 34.2 Å². The highest BCUT2D eigenvalue weighted by Gasteiger charge is 2.12. The van der Waals surface area contributed by atoms with Crippen molar-refractivity contribution in [3.05, 3.63) is 22.6 Å². The minimum Gasteiger partial charge on any atom is -0.329 e. The lowest BCUT2D eigenvalue weighted by Crippen LogP contribution is -2.17. The molecule has 2 aromatic heterocycles. The Hall–Kier alpha value is -1.01. The molecule has 2 aromatic rings. The summed E-state index contributed by atoms with van der Waals surface area (Å²) in [5.74, 6) is 0. The molecule has 0 aliphatic carbocycles. The molecule has 2 heterocycles. The predicted octanol–water partition coefficient (Wildman–Crippen LogP) is 2.17. The molecule has 92 valence electrons. The van der Waals surface area contributed by atoms with Crippen LogP contribution in [0.15, 0.2) is 12.3 Å². The number of hydrogen-bond donors (Lipinski definition) is 1. The number of imidazole rings is 1. The van der Waals surface area contributed by atoms with E-state index in [-0.39, 0.29) is 5.25 Å². The highest BCUT2D eigenvalue weighted by Crippen LogP contribution is 2.14. The number of hydrogen-bond acceptors (Lipinski definition) is 3. The molecule has 2 atom stereocenters. The van der Waals surface area contributed by atoms with E-state index in [0.717, 1.165) is 16.7 Å². The molecule has 1 N–H and O–H groups in total. The van der Waals surface area contributed by atoms with Crippen LogP contribution in [0.1, 0.15) is 12.5 Å². The monoisotopic (exact) mass is 269 g/mol. The van der Waals surface area contributed by atoms with Crippen LogP contribution >= 0.6 is 12.2 Å². The van der Waals surface area contributed by atoms with Crippen LogP contribution < -0.4 is 0 Å². The Bertz CT molecular complexity index is 629. The minimum absolute atomic E-state index is 0.0591. The van der Waals surface area contributed by atoms with E-state index < -0.39 is 10.8 Å². The fourth-order valence-electron chi connectivity index (χ4n) is 1.68. The molecule has 2 rings (SSSR count). The Morgan fingerprint density at radius 1 is 1.65 bits per heavy atom. The number of nitrogens with one attached hydrogen (secondary N) is 1. The summed E-state index contributed by atoms with van der Waals surface area (Å²) in [5, 5.41) is 0.0591. The number of H-pyrrole nitrogens is 1. The van der Waals surface area contributed by atoms with Gasteiger partial charge in [-0.25, -0.2) is 4.98 Å². The maximum atomic E-state index is 11.4. The molecule has 17 heavy (non-hydrogen) atoms. The van der Waals surface area contributed by atoms with Crippen LogP contribution in [0.5, 0.6) is 0 Å². The molecule has 0 radical (unpaired) electrons. The maximum Gasteiger partial charge on any atom is 0.179 e. The Kier molecular flexibility index (Phi) is 3.44. The molecule has 0 fully saturated rings. The number of aromatic amines is 1. The molecule has 2 unspecified atom stereocenters. The van der Waals surface area contributed by atoms with Gasteiger partial charge in [0.15, 0.2) is 10.4 Å². The number of pyridine rings is 1. The Morgan fingerprint density at radius 3 is 3.00 bits per heavy atom. The zero-order valence-electron chi connectivity index (χ0n) is 10.1. The van der Waals surface area contributed by atoms with Crippen LogP contribution in [0.25, 0.3) is 11.2 Å². The molecule has 4 nitrogen and oxygen atoms in total. The maximum absolute atomic E-state index is 11.4. The van der Waals surface area contributed by atoms with E-state index in [2.05, 4.69) is 9.97 Å². The number of aromatic nitrogens is 3. The summed E-state index contributed by atoms with van der Waals surface area (Å²) in [6, 6.07) is 2.02. The fourth-order valence-corrected chi connectivity index (χ4v) is 2.31. The van der Waals surface area contributed by atoms with Crippen molar-refractivity contribution in [2.45, 2.75) is 25.6 Å². The summed E-state index contributed by atoms with van der Waals surface area (Å²) < 4.78 is 14.0. The summed E-state index contributed by atoms with van der Waals surface area (Å²) in [7, 11) is -0.859. The van der Waals surface area contributed by atoms with E-state index in [1.807, 2.05) is 30.7 Å². The minimum atomic E-state index is -0.859. The van der Waals surface area contributed by atoms with Crippen LogP contribution in [0.2, 0.25) is 0 Å². The van der Waals surface area contributed by atoms with E-state index in [1.54, 1.807) is 6.26 Å². The van der Waals surface area contributed by atoms with Gasteiger partial charge >= 0.3 is 0 Å². The van der Waals surface area contributed by atoms with Gasteiger partial charge < -0.3 is 9.55 Å². The average Bonchev–Trinajstić information content (AvgIpc) is 2.54. The lowest BCUT2D eigenvalue weighted by atomic mass is 10.3. The zero-order chi connectivity index (χ0) is 12.6. The first kappa shape index (κ1) is 12.4. The molecule has 0 aliphatic heterocycles. The quantitative estimate of drug-likeness (QED) is 0.869. The molecule has 6 heteroatoms. The van der Waals surface area contributed by atoms with Crippen molar-refractivity contribution < 1.29 is 4.21 Å². The molecule has 0 aromatic carbocycles. The average molecular weight is 269 g/mol. The summed E-state index contributed by atoms with van der Waals surface area (Å²) in [6.45, 7) is 4.56.